The van der Waals surface area contributed by atoms with Crippen LogP contribution in [0.3, 0.4) is 0 Å². The summed E-state index contributed by atoms with van der Waals surface area (Å²) in [4.78, 5) is 29.4. The maximum absolute atomic E-state index is 12.8. The van der Waals surface area contributed by atoms with Crippen molar-refractivity contribution in [3.8, 4) is 17.2 Å². The van der Waals surface area contributed by atoms with Gasteiger partial charge in [-0.05, 0) is 60.7 Å². The van der Waals surface area contributed by atoms with Gasteiger partial charge in [-0.3, -0.25) is 9.59 Å². The van der Waals surface area contributed by atoms with Crippen LogP contribution < -0.4 is 15.0 Å². The van der Waals surface area contributed by atoms with Gasteiger partial charge in [-0.25, -0.2) is 0 Å². The Hall–Kier alpha value is -4.02. The lowest BCUT2D eigenvalue weighted by atomic mass is 10.1. The van der Waals surface area contributed by atoms with Gasteiger partial charge in [-0.15, -0.1) is 10.2 Å². The van der Waals surface area contributed by atoms with Gasteiger partial charge in [0.25, 0.3) is 11.1 Å². The van der Waals surface area contributed by atoms with Crippen LogP contribution in [0.4, 0.5) is 11.4 Å². The van der Waals surface area contributed by atoms with Gasteiger partial charge in [0.05, 0.1) is 23.4 Å². The molecule has 9 nitrogen and oxygen atoms in total. The van der Waals surface area contributed by atoms with E-state index in [9.17, 15) is 9.59 Å². The molecule has 200 valence electrons. The summed E-state index contributed by atoms with van der Waals surface area (Å²) in [5.41, 5.74) is 3.03. The number of amides is 2. The number of anilines is 2. The number of carbonyl (C=O) groups is 2. The Morgan fingerprint density at radius 2 is 1.69 bits per heavy atom. The lowest BCUT2D eigenvalue weighted by Crippen LogP contribution is -2.48. The second-order valence-electron chi connectivity index (χ2n) is 8.74. The van der Waals surface area contributed by atoms with E-state index < -0.39 is 0 Å². The molecule has 0 bridgehead atoms. The fourth-order valence-electron chi connectivity index (χ4n) is 4.18. The molecular formula is C28H26ClN5O4S. The van der Waals surface area contributed by atoms with Crippen molar-refractivity contribution in [1.29, 1.82) is 0 Å². The molecule has 1 aliphatic rings. The molecule has 1 fully saturated rings. The Bertz CT molecular complexity index is 1440. The van der Waals surface area contributed by atoms with Gasteiger partial charge in [-0.2, -0.15) is 0 Å². The third-order valence-electron chi connectivity index (χ3n) is 6.26. The van der Waals surface area contributed by atoms with Crippen molar-refractivity contribution in [3.63, 3.8) is 0 Å². The Balaban J connectivity index is 1.08. The molecule has 1 N–H and O–H groups in total. The van der Waals surface area contributed by atoms with Gasteiger partial charge in [0, 0.05) is 43.1 Å². The number of nitrogens with one attached hydrogen (secondary N) is 1. The van der Waals surface area contributed by atoms with Crippen LogP contribution in [-0.4, -0.2) is 66.0 Å². The van der Waals surface area contributed by atoms with Gasteiger partial charge in [0.15, 0.2) is 0 Å². The summed E-state index contributed by atoms with van der Waals surface area (Å²) >= 11 is 7.33. The Morgan fingerprint density at radius 3 is 2.38 bits per heavy atom. The van der Waals surface area contributed by atoms with E-state index in [2.05, 4.69) is 20.4 Å². The zero-order chi connectivity index (χ0) is 27.2. The van der Waals surface area contributed by atoms with E-state index in [1.54, 1.807) is 43.5 Å². The molecule has 1 saturated heterocycles. The topological polar surface area (TPSA) is 101 Å². The Morgan fingerprint density at radius 1 is 0.974 bits per heavy atom. The molecule has 0 spiro atoms. The van der Waals surface area contributed by atoms with Crippen LogP contribution in [-0.2, 0) is 4.79 Å². The minimum atomic E-state index is -0.184. The Labute approximate surface area is 235 Å². The van der Waals surface area contributed by atoms with Crippen molar-refractivity contribution in [2.24, 2.45) is 0 Å². The molecule has 11 heteroatoms. The molecule has 0 radical (unpaired) electrons. The molecule has 1 aliphatic heterocycles. The number of rotatable bonds is 8. The molecule has 2 amide bonds. The van der Waals surface area contributed by atoms with Crippen molar-refractivity contribution in [2.75, 3.05) is 49.3 Å². The predicted molar refractivity (Wildman–Crippen MR) is 152 cm³/mol. The SMILES string of the molecule is COc1ccc(C(=O)N2CCN(c3ccc(NC(=O)CSc4nnc(-c5ccccc5Cl)o4)cc3)CC2)cc1. The number of ether oxygens (including phenoxy) is 1. The first-order chi connectivity index (χ1) is 19.0. The van der Waals surface area contributed by atoms with Crippen LogP contribution in [0.2, 0.25) is 5.02 Å². The maximum Gasteiger partial charge on any atom is 0.277 e. The van der Waals surface area contributed by atoms with Crippen LogP contribution in [0.1, 0.15) is 10.4 Å². The summed E-state index contributed by atoms with van der Waals surface area (Å²) in [6.45, 7) is 2.72. The fourth-order valence-corrected chi connectivity index (χ4v) is 4.96. The Kier molecular flexibility index (Phi) is 8.33. The number of methoxy groups -OCH3 is 1. The van der Waals surface area contributed by atoms with E-state index in [4.69, 9.17) is 20.8 Å². The van der Waals surface area contributed by atoms with Crippen LogP contribution in [0.5, 0.6) is 5.75 Å². The predicted octanol–water partition coefficient (Wildman–Crippen LogP) is 5.09. The van der Waals surface area contributed by atoms with Crippen LogP contribution in [0.25, 0.3) is 11.5 Å². The average molecular weight is 564 g/mol. The molecule has 4 aromatic rings. The summed E-state index contributed by atoms with van der Waals surface area (Å²) in [5, 5.41) is 11.7. The number of thioether (sulfide) groups is 1. The summed E-state index contributed by atoms with van der Waals surface area (Å²) in [6, 6.07) is 22.1. The zero-order valence-corrected chi connectivity index (χ0v) is 22.7. The highest BCUT2D eigenvalue weighted by Gasteiger charge is 2.22. The van der Waals surface area contributed by atoms with Crippen LogP contribution in [0, 0.1) is 0 Å². The third-order valence-corrected chi connectivity index (χ3v) is 7.41. The largest absolute Gasteiger partial charge is 0.497 e. The summed E-state index contributed by atoms with van der Waals surface area (Å²) in [5.74, 6) is 0.996. The van der Waals surface area contributed by atoms with Crippen molar-refractivity contribution >= 4 is 46.6 Å². The molecule has 1 aromatic heterocycles. The molecule has 5 rings (SSSR count). The van der Waals surface area contributed by atoms with Crippen molar-refractivity contribution in [1.82, 2.24) is 15.1 Å². The first-order valence-corrected chi connectivity index (χ1v) is 13.7. The highest BCUT2D eigenvalue weighted by Crippen LogP contribution is 2.29. The van der Waals surface area contributed by atoms with E-state index >= 15 is 0 Å². The second-order valence-corrected chi connectivity index (χ2v) is 10.1. The van der Waals surface area contributed by atoms with Gasteiger partial charge >= 0.3 is 0 Å². The third kappa shape index (κ3) is 6.52. The molecule has 2 heterocycles. The smallest absolute Gasteiger partial charge is 0.277 e. The van der Waals surface area contributed by atoms with Gasteiger partial charge in [0.2, 0.25) is 11.8 Å². The molecule has 0 aliphatic carbocycles. The summed E-state index contributed by atoms with van der Waals surface area (Å²) < 4.78 is 10.8. The number of aromatic nitrogens is 2. The first kappa shape index (κ1) is 26.6. The molecule has 3 aromatic carbocycles. The minimum absolute atomic E-state index is 0.0221. The van der Waals surface area contributed by atoms with Crippen molar-refractivity contribution in [3.05, 3.63) is 83.4 Å². The normalized spacial score (nSPS) is 13.3. The first-order valence-electron chi connectivity index (χ1n) is 12.3. The highest BCUT2D eigenvalue weighted by molar-refractivity contribution is 7.99. The highest BCUT2D eigenvalue weighted by atomic mass is 35.5. The maximum atomic E-state index is 12.8. The molecule has 39 heavy (non-hydrogen) atoms. The number of benzene rings is 3. The van der Waals surface area contributed by atoms with Gasteiger partial charge < -0.3 is 24.3 Å². The lowest BCUT2D eigenvalue weighted by Gasteiger charge is -2.36. The quantitative estimate of drug-likeness (QED) is 0.296. The molecule has 0 atom stereocenters. The van der Waals surface area contributed by atoms with E-state index in [0.717, 1.165) is 36.3 Å². The monoisotopic (exact) mass is 563 g/mol. The van der Waals surface area contributed by atoms with Gasteiger partial charge in [-0.1, -0.05) is 35.5 Å². The number of piperazine rings is 1. The molecule has 0 saturated carbocycles. The minimum Gasteiger partial charge on any atom is -0.497 e. The average Bonchev–Trinajstić information content (AvgIpc) is 3.45. The van der Waals surface area contributed by atoms with Crippen molar-refractivity contribution < 1.29 is 18.7 Å². The van der Waals surface area contributed by atoms with Crippen LogP contribution in [0.15, 0.2) is 82.4 Å². The number of nitrogens with zero attached hydrogens (tertiary/aromatic N) is 4. The number of halogens is 1. The second kappa shape index (κ2) is 12.2. The van der Waals surface area contributed by atoms with Crippen molar-refractivity contribution in [2.45, 2.75) is 5.22 Å². The molecular weight excluding hydrogens is 538 g/mol. The van der Waals surface area contributed by atoms with E-state index in [1.165, 1.54) is 0 Å². The molecule has 0 unspecified atom stereocenters. The van der Waals surface area contributed by atoms with E-state index in [0.29, 0.717) is 46.0 Å². The lowest BCUT2D eigenvalue weighted by molar-refractivity contribution is -0.113. The van der Waals surface area contributed by atoms with E-state index in [-0.39, 0.29) is 17.6 Å². The number of carbonyl (C=O) groups excluding carboxylic acids is 2. The number of hydrogen-bond donors (Lipinski definition) is 1. The van der Waals surface area contributed by atoms with E-state index in [1.807, 2.05) is 41.3 Å². The summed E-state index contributed by atoms with van der Waals surface area (Å²) in [7, 11) is 1.60. The standard InChI is InChI=1S/C28H26ClN5O4S/c1-37-22-12-6-19(7-13-22)27(36)34-16-14-33(15-17-34)21-10-8-20(9-11-21)30-25(35)18-39-28-32-31-26(38-28)23-4-2-3-5-24(23)29/h2-13H,14-18H2,1H3,(H,30,35). The van der Waals surface area contributed by atoms with Crippen LogP contribution >= 0.6 is 23.4 Å². The fraction of sp³-hybridized carbons (Fsp3) is 0.214. The van der Waals surface area contributed by atoms with Gasteiger partial charge in [0.1, 0.15) is 5.75 Å². The number of hydrogen-bond acceptors (Lipinski definition) is 8. The zero-order valence-electron chi connectivity index (χ0n) is 21.2. The summed E-state index contributed by atoms with van der Waals surface area (Å²) in [6.07, 6.45) is 0.